The number of nitrogens with one attached hydrogen (secondary N) is 2. The Hall–Kier alpha value is -3.05. The van der Waals surface area contributed by atoms with Crippen LogP contribution in [0.15, 0.2) is 23.8 Å². The van der Waals surface area contributed by atoms with Crippen LogP contribution in [0.5, 0.6) is 0 Å². The number of ether oxygens (including phenoxy) is 2. The van der Waals surface area contributed by atoms with Crippen LogP contribution in [0.4, 0.5) is 20.5 Å². The van der Waals surface area contributed by atoms with Gasteiger partial charge in [-0.3, -0.25) is 47.1 Å². The number of H-pyrrole nitrogens is 1. The third-order valence-electron chi connectivity index (χ3n) is 7.98. The van der Waals surface area contributed by atoms with E-state index in [-0.39, 0.29) is 34.1 Å². The second kappa shape index (κ2) is 13.2. The van der Waals surface area contributed by atoms with Gasteiger partial charge in [-0.1, -0.05) is 38.3 Å². The normalized spacial score (nSPS) is 35.1. The average molecular weight is 781 g/mol. The van der Waals surface area contributed by atoms with Crippen LogP contribution >= 0.6 is 38.1 Å². The van der Waals surface area contributed by atoms with E-state index in [1.807, 2.05) is 0 Å². The number of carbonyl (C=O) groups excluding carboxylic acids is 1. The highest BCUT2D eigenvalue weighted by atomic mass is 32.7. The number of imidazole rings is 2. The molecule has 7 heterocycles. The van der Waals surface area contributed by atoms with E-state index in [0.29, 0.717) is 0 Å². The SMILES string of the molecule is CC(C)C(=O)Nc1nc2c(ncn2[C@@H]2O[C@@H]3CO[P@](=O)(S)O[C@H]4[C@@H](F)[C@H](n5cnc6c(N)ncnc65)O[C@@H]4CO[P@@](=O)(S)O[C@H]3[C@H]2F)c(=O)[nH]1. The number of thiol groups is 2. The summed E-state index contributed by atoms with van der Waals surface area (Å²) < 4.78 is 95.0. The molecule has 0 unspecified atom stereocenters. The predicted octanol–water partition coefficient (Wildman–Crippen LogP) is 2.50. The molecule has 7 rings (SSSR count). The Balaban J connectivity index is 1.15. The second-order valence-corrected chi connectivity index (χ2v) is 17.4. The maximum atomic E-state index is 16.3. The van der Waals surface area contributed by atoms with Crippen molar-refractivity contribution in [2.24, 2.45) is 5.92 Å². The number of aromatic nitrogens is 8. The van der Waals surface area contributed by atoms with Gasteiger partial charge < -0.3 is 15.2 Å². The number of rotatable bonds is 4. The Kier molecular flexibility index (Phi) is 9.32. The highest BCUT2D eigenvalue weighted by Crippen LogP contribution is 2.60. The average Bonchev–Trinajstić information content (AvgIpc) is 3.80. The molecule has 4 aromatic rings. The number of alkyl halides is 2. The number of nitrogens with zero attached hydrogens (tertiary/aromatic N) is 7. The molecule has 0 spiro atoms. The molecule has 3 fully saturated rings. The van der Waals surface area contributed by atoms with E-state index < -0.39 is 93.4 Å². The summed E-state index contributed by atoms with van der Waals surface area (Å²) in [4.78, 5) is 47.5. The lowest BCUT2D eigenvalue weighted by molar-refractivity contribution is -0.118. The minimum absolute atomic E-state index is 0.0295. The number of amides is 1. The van der Waals surface area contributed by atoms with E-state index >= 15 is 8.78 Å². The number of nitrogens with two attached hydrogens (primary N) is 1. The summed E-state index contributed by atoms with van der Waals surface area (Å²) in [6.07, 6.45) is -10.3. The van der Waals surface area contributed by atoms with Crippen LogP contribution in [-0.4, -0.2) is 94.9 Å². The number of hydrogen-bond donors (Lipinski definition) is 5. The number of halogens is 2. The molecule has 3 aliphatic rings. The van der Waals surface area contributed by atoms with Crippen LogP contribution in [0, 0.1) is 5.92 Å². The van der Waals surface area contributed by atoms with Gasteiger partial charge in [0, 0.05) is 5.92 Å². The lowest BCUT2D eigenvalue weighted by Crippen LogP contribution is -2.36. The minimum atomic E-state index is -4.49. The maximum absolute atomic E-state index is 16.3. The summed E-state index contributed by atoms with van der Waals surface area (Å²) in [6.45, 7) is -7.17. The monoisotopic (exact) mass is 780 g/mol. The van der Waals surface area contributed by atoms with E-state index in [1.54, 1.807) is 13.8 Å². The number of aromatic amines is 1. The summed E-state index contributed by atoms with van der Waals surface area (Å²) in [6, 6.07) is 0. The Morgan fingerprint density at radius 1 is 0.940 bits per heavy atom. The van der Waals surface area contributed by atoms with Crippen molar-refractivity contribution in [2.45, 2.75) is 63.1 Å². The van der Waals surface area contributed by atoms with Gasteiger partial charge in [0.2, 0.25) is 11.9 Å². The molecular formula is C24H28F2N10O10P2S2. The number of nitrogen functional groups attached to an aromatic ring is 1. The fraction of sp³-hybridized carbons (Fsp3) is 0.542. The van der Waals surface area contributed by atoms with Crippen LogP contribution in [0.3, 0.4) is 0 Å². The number of anilines is 2. The first-order chi connectivity index (χ1) is 23.6. The van der Waals surface area contributed by atoms with Crippen molar-refractivity contribution in [3.8, 4) is 0 Å². The largest absolute Gasteiger partial charge is 0.386 e. The number of carbonyl (C=O) groups is 1. The molecular weight excluding hydrogens is 752 g/mol. The van der Waals surface area contributed by atoms with E-state index in [1.165, 1.54) is 10.9 Å². The van der Waals surface area contributed by atoms with Crippen LogP contribution in [0.25, 0.3) is 22.3 Å². The van der Waals surface area contributed by atoms with E-state index in [4.69, 9.17) is 33.3 Å². The van der Waals surface area contributed by atoms with Crippen molar-refractivity contribution in [1.82, 2.24) is 39.0 Å². The topological polar surface area (TPSA) is 252 Å². The minimum Gasteiger partial charge on any atom is -0.382 e. The van der Waals surface area contributed by atoms with Crippen LogP contribution < -0.4 is 16.6 Å². The molecule has 0 aromatic carbocycles. The van der Waals surface area contributed by atoms with Gasteiger partial charge in [0.15, 0.2) is 47.4 Å². The van der Waals surface area contributed by atoms with E-state index in [2.05, 4.69) is 59.7 Å². The third-order valence-corrected chi connectivity index (χ3v) is 11.2. The van der Waals surface area contributed by atoms with Gasteiger partial charge in [-0.2, -0.15) is 4.98 Å². The van der Waals surface area contributed by atoms with Crippen LogP contribution in [0.1, 0.15) is 26.3 Å². The molecule has 0 radical (unpaired) electrons. The maximum Gasteiger partial charge on any atom is 0.386 e. The first-order valence-corrected chi connectivity index (χ1v) is 20.1. The summed E-state index contributed by atoms with van der Waals surface area (Å²) in [7, 11) is 0. The third kappa shape index (κ3) is 6.57. The number of hydrogen-bond acceptors (Lipinski definition) is 16. The van der Waals surface area contributed by atoms with Gasteiger partial charge in [-0.15, -0.1) is 0 Å². The quantitative estimate of drug-likeness (QED) is 0.147. The fourth-order valence-electron chi connectivity index (χ4n) is 5.55. The Labute approximate surface area is 289 Å². The molecule has 0 saturated carbocycles. The molecule has 26 heteroatoms. The molecule has 10 atom stereocenters. The number of fused-ring (bicyclic) bond motifs is 4. The molecule has 20 nitrogen and oxygen atoms in total. The second-order valence-electron chi connectivity index (χ2n) is 11.7. The van der Waals surface area contributed by atoms with Crippen LogP contribution in [0.2, 0.25) is 0 Å². The molecule has 3 aliphatic heterocycles. The Morgan fingerprint density at radius 2 is 1.48 bits per heavy atom. The first kappa shape index (κ1) is 35.4. The van der Waals surface area contributed by atoms with Gasteiger partial charge in [-0.05, 0) is 0 Å². The first-order valence-electron chi connectivity index (χ1n) is 14.7. The van der Waals surface area contributed by atoms with Crippen molar-refractivity contribution in [2.75, 3.05) is 24.3 Å². The van der Waals surface area contributed by atoms with Gasteiger partial charge in [0.25, 0.3) is 5.56 Å². The highest BCUT2D eigenvalue weighted by molar-refractivity contribution is 8.44. The van der Waals surface area contributed by atoms with E-state index in [9.17, 15) is 18.7 Å². The molecule has 270 valence electrons. The molecule has 50 heavy (non-hydrogen) atoms. The standard InChI is InChI=1S/C24H28F2N10O10P2S2/c1-8(2)20(37)33-24-32-19-14(21(38)34-24)31-7-36(19)23-12(26)16-10(44-23)4-42-47(39,49)45-15-9(3-41-48(40,50)46-16)43-22(11(15)25)35-6-30-13-17(27)28-5-29-18(13)35/h5-12,15-16,22-23H,3-4H2,1-2H3,(H,39,49)(H,40,50)(H2,27,28,29)(H2,32,33,34,37,38)/t9-,10-,11-,12-,15-,16-,22-,23-,47+,48-/m1/s1. The molecule has 4 aromatic heterocycles. The molecule has 3 saturated heterocycles. The van der Waals surface area contributed by atoms with Gasteiger partial charge >= 0.3 is 13.6 Å². The van der Waals surface area contributed by atoms with Crippen LogP contribution in [-0.2, 0) is 41.5 Å². The summed E-state index contributed by atoms with van der Waals surface area (Å²) in [5.74, 6) is -1.11. The van der Waals surface area contributed by atoms with Crippen molar-refractivity contribution in [3.63, 3.8) is 0 Å². The predicted molar refractivity (Wildman–Crippen MR) is 174 cm³/mol. The molecule has 0 aliphatic carbocycles. The smallest absolute Gasteiger partial charge is 0.382 e. The van der Waals surface area contributed by atoms with Crippen molar-refractivity contribution < 1.29 is 50.3 Å². The fourth-order valence-corrected chi connectivity index (χ4v) is 8.51. The van der Waals surface area contributed by atoms with Crippen molar-refractivity contribution >= 4 is 78.1 Å². The Bertz CT molecular complexity index is 2120. The van der Waals surface area contributed by atoms with Crippen molar-refractivity contribution in [3.05, 3.63) is 29.3 Å². The summed E-state index contributed by atoms with van der Waals surface area (Å²) in [5.41, 5.74) is 4.99. The van der Waals surface area contributed by atoms with Gasteiger partial charge in [0.05, 0.1) is 25.9 Å². The van der Waals surface area contributed by atoms with Gasteiger partial charge in [0.1, 0.15) is 36.3 Å². The Morgan fingerprint density at radius 3 is 2.04 bits per heavy atom. The summed E-state index contributed by atoms with van der Waals surface area (Å²) >= 11 is 7.99. The lowest BCUT2D eigenvalue weighted by Gasteiger charge is -2.28. The summed E-state index contributed by atoms with van der Waals surface area (Å²) in [5, 5.41) is 2.45. The molecule has 0 bridgehead atoms. The van der Waals surface area contributed by atoms with Crippen molar-refractivity contribution in [1.29, 1.82) is 0 Å². The molecule has 4 N–H and O–H groups in total. The van der Waals surface area contributed by atoms with Gasteiger partial charge in [-0.25, -0.2) is 37.8 Å². The van der Waals surface area contributed by atoms with E-state index in [0.717, 1.165) is 17.2 Å². The zero-order valence-electron chi connectivity index (χ0n) is 25.7. The zero-order valence-corrected chi connectivity index (χ0v) is 29.3. The highest BCUT2D eigenvalue weighted by Gasteiger charge is 2.54. The lowest BCUT2D eigenvalue weighted by atomic mass is 10.1. The molecule has 1 amide bonds. The zero-order chi connectivity index (χ0) is 35.7.